The Kier molecular flexibility index (Phi) is 6.90. The molecule has 0 aliphatic carbocycles. The number of carbonyl (C=O) groups excluding carboxylic acids is 1. The SMILES string of the molecule is COC(F)(c1nc(-c2cc3c(cc2F)S(=O)C[C@H](N)C(=O)N3Cc2ccc(Cl)cc2)no1)C(F)(F)F. The fourth-order valence-electron chi connectivity index (χ4n) is 3.47. The van der Waals surface area contributed by atoms with Gasteiger partial charge < -0.3 is 19.9 Å². The van der Waals surface area contributed by atoms with Crippen molar-refractivity contribution in [1.82, 2.24) is 10.1 Å². The average Bonchev–Trinajstić information content (AvgIpc) is 3.29. The number of nitrogens with two attached hydrogens (primary N) is 1. The third kappa shape index (κ3) is 4.61. The lowest BCUT2D eigenvalue weighted by atomic mass is 10.1. The van der Waals surface area contributed by atoms with E-state index in [9.17, 15) is 26.6 Å². The van der Waals surface area contributed by atoms with Gasteiger partial charge in [0.05, 0.1) is 45.3 Å². The standard InChI is InChI=1S/C21H16ClF5N4O4S/c1-34-20(24,21(25,26)27)19-29-17(30-35-19)12-6-15-16(7-13(12)23)36(33)9-14(28)18(32)31(15)8-10-2-4-11(22)5-3-10/h2-7,14H,8-9,28H2,1H3/t14-,20?,36?/m0/s1. The topological polar surface area (TPSA) is 112 Å². The van der Waals surface area contributed by atoms with Gasteiger partial charge in [-0.05, 0) is 29.8 Å². The zero-order valence-electron chi connectivity index (χ0n) is 18.2. The summed E-state index contributed by atoms with van der Waals surface area (Å²) in [5, 5.41) is 3.69. The molecule has 0 saturated carbocycles. The van der Waals surface area contributed by atoms with Crippen molar-refractivity contribution in [3.8, 4) is 11.4 Å². The highest BCUT2D eigenvalue weighted by Crippen LogP contribution is 2.43. The van der Waals surface area contributed by atoms with Crippen LogP contribution in [0.5, 0.6) is 0 Å². The lowest BCUT2D eigenvalue weighted by molar-refractivity contribution is -0.342. The number of aromatic nitrogens is 2. The molecule has 0 saturated heterocycles. The van der Waals surface area contributed by atoms with E-state index in [0.717, 1.165) is 17.0 Å². The highest BCUT2D eigenvalue weighted by Gasteiger charge is 2.63. The fourth-order valence-corrected chi connectivity index (χ4v) is 4.89. The van der Waals surface area contributed by atoms with Gasteiger partial charge in [0.25, 0.3) is 0 Å². The van der Waals surface area contributed by atoms with Crippen LogP contribution < -0.4 is 10.6 Å². The van der Waals surface area contributed by atoms with E-state index in [1.807, 2.05) is 0 Å². The lowest BCUT2D eigenvalue weighted by Crippen LogP contribution is -2.44. The van der Waals surface area contributed by atoms with Crippen LogP contribution >= 0.6 is 11.6 Å². The van der Waals surface area contributed by atoms with E-state index in [0.29, 0.717) is 17.7 Å². The van der Waals surface area contributed by atoms with Crippen LogP contribution in [0, 0.1) is 5.82 Å². The predicted octanol–water partition coefficient (Wildman–Crippen LogP) is 3.84. The minimum Gasteiger partial charge on any atom is -0.335 e. The molecule has 0 spiro atoms. The third-order valence-corrected chi connectivity index (χ3v) is 7.07. The van der Waals surface area contributed by atoms with Gasteiger partial charge in [0.15, 0.2) is 0 Å². The zero-order valence-corrected chi connectivity index (χ0v) is 19.8. The maximum absolute atomic E-state index is 15.0. The Morgan fingerprint density at radius 3 is 2.53 bits per heavy atom. The molecule has 2 heterocycles. The second-order valence-corrected chi connectivity index (χ2v) is 9.59. The van der Waals surface area contributed by atoms with E-state index in [2.05, 4.69) is 19.4 Å². The number of alkyl halides is 4. The Bertz CT molecular complexity index is 1340. The van der Waals surface area contributed by atoms with Gasteiger partial charge in [-0.15, -0.1) is 0 Å². The minimum absolute atomic E-state index is 0.0435. The van der Waals surface area contributed by atoms with Gasteiger partial charge in [0, 0.05) is 12.1 Å². The Balaban J connectivity index is 1.83. The first-order chi connectivity index (χ1) is 16.9. The molecule has 3 aromatic rings. The van der Waals surface area contributed by atoms with Crippen molar-refractivity contribution >= 4 is 34.0 Å². The molecule has 0 fully saturated rings. The zero-order chi connectivity index (χ0) is 26.4. The molecule has 2 unspecified atom stereocenters. The van der Waals surface area contributed by atoms with Crippen molar-refractivity contribution in [3.05, 3.63) is 58.7 Å². The number of fused-ring (bicyclic) bond motifs is 1. The highest BCUT2D eigenvalue weighted by atomic mass is 35.5. The summed E-state index contributed by atoms with van der Waals surface area (Å²) in [4.78, 5) is 17.5. The van der Waals surface area contributed by atoms with Crippen LogP contribution in [0.25, 0.3) is 11.4 Å². The Labute approximate surface area is 207 Å². The molecule has 8 nitrogen and oxygen atoms in total. The van der Waals surface area contributed by atoms with E-state index < -0.39 is 57.9 Å². The Morgan fingerprint density at radius 1 is 1.25 bits per heavy atom. The monoisotopic (exact) mass is 550 g/mol. The summed E-state index contributed by atoms with van der Waals surface area (Å²) in [5.41, 5.74) is 5.93. The fraction of sp³-hybridized carbons (Fsp3) is 0.286. The van der Waals surface area contributed by atoms with Crippen molar-refractivity contribution in [2.75, 3.05) is 17.8 Å². The second kappa shape index (κ2) is 9.50. The molecule has 0 radical (unpaired) electrons. The first-order valence-corrected chi connectivity index (χ1v) is 11.7. The van der Waals surface area contributed by atoms with E-state index in [1.54, 1.807) is 24.3 Å². The quantitative estimate of drug-likeness (QED) is 0.480. The Morgan fingerprint density at radius 2 is 1.92 bits per heavy atom. The molecular weight excluding hydrogens is 535 g/mol. The maximum atomic E-state index is 15.0. The summed E-state index contributed by atoms with van der Waals surface area (Å²) in [5.74, 6) is -8.84. The summed E-state index contributed by atoms with van der Waals surface area (Å²) in [7, 11) is -1.46. The average molecular weight is 551 g/mol. The third-order valence-electron chi connectivity index (χ3n) is 5.34. The molecule has 36 heavy (non-hydrogen) atoms. The lowest BCUT2D eigenvalue weighted by Gasteiger charge is -2.25. The largest absolute Gasteiger partial charge is 0.458 e. The van der Waals surface area contributed by atoms with Crippen LogP contribution in [0.15, 0.2) is 45.8 Å². The van der Waals surface area contributed by atoms with Gasteiger partial charge in [-0.1, -0.05) is 28.9 Å². The molecular formula is C21H16ClF5N4O4S. The molecule has 15 heteroatoms. The number of anilines is 1. The maximum Gasteiger partial charge on any atom is 0.458 e. The predicted molar refractivity (Wildman–Crippen MR) is 117 cm³/mol. The minimum atomic E-state index is -5.58. The molecule has 0 bridgehead atoms. The molecule has 4 rings (SSSR count). The highest BCUT2D eigenvalue weighted by molar-refractivity contribution is 7.85. The van der Waals surface area contributed by atoms with Gasteiger partial charge in [-0.3, -0.25) is 9.00 Å². The van der Waals surface area contributed by atoms with Gasteiger partial charge in [-0.2, -0.15) is 22.5 Å². The van der Waals surface area contributed by atoms with Crippen LogP contribution in [0.1, 0.15) is 11.5 Å². The summed E-state index contributed by atoms with van der Waals surface area (Å²) >= 11 is 5.90. The van der Waals surface area contributed by atoms with Crippen LogP contribution in [0.2, 0.25) is 5.02 Å². The van der Waals surface area contributed by atoms with Gasteiger partial charge in [-0.25, -0.2) is 4.39 Å². The van der Waals surface area contributed by atoms with Crippen molar-refractivity contribution < 1.29 is 40.2 Å². The smallest absolute Gasteiger partial charge is 0.335 e. The molecule has 1 aliphatic heterocycles. The molecule has 1 aromatic heterocycles. The number of hydrogen-bond acceptors (Lipinski definition) is 7. The van der Waals surface area contributed by atoms with Crippen molar-refractivity contribution in [2.24, 2.45) is 5.73 Å². The van der Waals surface area contributed by atoms with Crippen LogP contribution in [-0.4, -0.2) is 45.3 Å². The molecule has 2 aromatic carbocycles. The summed E-state index contributed by atoms with van der Waals surface area (Å²) in [6.07, 6.45) is -5.58. The first kappa shape index (κ1) is 26.1. The summed E-state index contributed by atoms with van der Waals surface area (Å²) in [6.45, 7) is -0.0815. The summed E-state index contributed by atoms with van der Waals surface area (Å²) in [6, 6.07) is 7.07. The van der Waals surface area contributed by atoms with Gasteiger partial charge in [0.2, 0.25) is 11.7 Å². The number of methoxy groups -OCH3 is 1. The van der Waals surface area contributed by atoms with Crippen molar-refractivity contribution in [2.45, 2.75) is 29.5 Å². The molecule has 1 amide bonds. The number of rotatable bonds is 5. The second-order valence-electron chi connectivity index (χ2n) is 7.69. The number of halogens is 6. The number of amides is 1. The van der Waals surface area contributed by atoms with Crippen molar-refractivity contribution in [3.63, 3.8) is 0 Å². The van der Waals surface area contributed by atoms with E-state index in [-0.39, 0.29) is 22.9 Å². The van der Waals surface area contributed by atoms with E-state index in [4.69, 9.17) is 17.3 Å². The van der Waals surface area contributed by atoms with Gasteiger partial charge >= 0.3 is 17.9 Å². The summed E-state index contributed by atoms with van der Waals surface area (Å²) < 4.78 is 90.1. The number of benzene rings is 2. The van der Waals surface area contributed by atoms with Crippen LogP contribution in [0.3, 0.4) is 0 Å². The first-order valence-electron chi connectivity index (χ1n) is 10.0. The number of ether oxygens (including phenoxy) is 1. The van der Waals surface area contributed by atoms with Crippen LogP contribution in [-0.2, 0) is 32.7 Å². The van der Waals surface area contributed by atoms with E-state index in [1.165, 1.54) is 0 Å². The van der Waals surface area contributed by atoms with Gasteiger partial charge in [0.1, 0.15) is 5.82 Å². The van der Waals surface area contributed by atoms with Crippen LogP contribution in [0.4, 0.5) is 27.6 Å². The Hall–Kier alpha value is -2.94. The normalized spacial score (nSPS) is 20.1. The van der Waals surface area contributed by atoms with Crippen molar-refractivity contribution in [1.29, 1.82) is 0 Å². The molecule has 1 aliphatic rings. The number of hydrogen-bond donors (Lipinski definition) is 1. The number of nitrogens with zero attached hydrogens (tertiary/aromatic N) is 3. The van der Waals surface area contributed by atoms with E-state index >= 15 is 4.39 Å². The number of carbonyl (C=O) groups is 1. The molecule has 3 atom stereocenters. The molecule has 2 N–H and O–H groups in total. The molecule has 192 valence electrons.